The van der Waals surface area contributed by atoms with Gasteiger partial charge in [-0.25, -0.2) is 16.8 Å². The van der Waals surface area contributed by atoms with Crippen LogP contribution in [0.1, 0.15) is 17.5 Å². The van der Waals surface area contributed by atoms with Crippen LogP contribution in [-0.4, -0.2) is 29.6 Å². The molecule has 0 spiro atoms. The Labute approximate surface area is 158 Å². The zero-order chi connectivity index (χ0) is 18.9. The third-order valence-corrected chi connectivity index (χ3v) is 6.80. The normalized spacial score (nSPS) is 14.8. The fourth-order valence-corrected chi connectivity index (χ4v) is 5.27. The molecule has 0 unspecified atom stereocenters. The second kappa shape index (κ2) is 7.09. The molecular formula is C17H19ClN2O4S2. The van der Waals surface area contributed by atoms with Crippen LogP contribution in [0.2, 0.25) is 5.02 Å². The van der Waals surface area contributed by atoms with E-state index in [2.05, 4.69) is 4.72 Å². The highest BCUT2D eigenvalue weighted by Gasteiger charge is 2.24. The van der Waals surface area contributed by atoms with E-state index in [0.717, 1.165) is 24.7 Å². The van der Waals surface area contributed by atoms with Crippen molar-refractivity contribution in [3.63, 3.8) is 0 Å². The minimum atomic E-state index is -3.64. The number of nitrogens with one attached hydrogen (secondary N) is 1. The largest absolute Gasteiger partial charge is 0.283 e. The lowest BCUT2D eigenvalue weighted by molar-refractivity contribution is 0.592. The van der Waals surface area contributed by atoms with Gasteiger partial charge in [0, 0.05) is 11.6 Å². The van der Waals surface area contributed by atoms with E-state index < -0.39 is 20.0 Å². The molecule has 0 aliphatic carbocycles. The van der Waals surface area contributed by atoms with Crippen LogP contribution < -0.4 is 9.03 Å². The van der Waals surface area contributed by atoms with E-state index in [-0.39, 0.29) is 5.75 Å². The Balaban J connectivity index is 1.85. The molecule has 0 fully saturated rings. The number of benzene rings is 2. The van der Waals surface area contributed by atoms with Crippen molar-refractivity contribution >= 4 is 43.0 Å². The number of hydrogen-bond donors (Lipinski definition) is 1. The third kappa shape index (κ3) is 4.49. The topological polar surface area (TPSA) is 83.6 Å². The van der Waals surface area contributed by atoms with Gasteiger partial charge in [-0.05, 0) is 48.2 Å². The van der Waals surface area contributed by atoms with Gasteiger partial charge in [0.1, 0.15) is 0 Å². The maximum atomic E-state index is 12.4. The van der Waals surface area contributed by atoms with Crippen LogP contribution in [0.5, 0.6) is 0 Å². The van der Waals surface area contributed by atoms with E-state index in [1.165, 1.54) is 4.31 Å². The highest BCUT2D eigenvalue weighted by Crippen LogP contribution is 2.32. The molecule has 140 valence electrons. The molecule has 26 heavy (non-hydrogen) atoms. The molecule has 0 bridgehead atoms. The number of rotatable bonds is 5. The van der Waals surface area contributed by atoms with Crippen LogP contribution >= 0.6 is 11.6 Å². The molecule has 1 aliphatic rings. The highest BCUT2D eigenvalue weighted by atomic mass is 35.5. The number of anilines is 2. The molecule has 0 amide bonds. The smallest absolute Gasteiger partial charge is 0.236 e. The van der Waals surface area contributed by atoms with E-state index in [0.29, 0.717) is 28.5 Å². The van der Waals surface area contributed by atoms with Crippen LogP contribution in [-0.2, 0) is 32.2 Å². The van der Waals surface area contributed by atoms with Gasteiger partial charge < -0.3 is 0 Å². The summed E-state index contributed by atoms with van der Waals surface area (Å²) < 4.78 is 52.7. The fourth-order valence-electron chi connectivity index (χ4n) is 2.96. The molecule has 9 heteroatoms. The second-order valence-electron chi connectivity index (χ2n) is 6.27. The lowest BCUT2D eigenvalue weighted by atomic mass is 10.0. The van der Waals surface area contributed by atoms with Crippen molar-refractivity contribution in [2.24, 2.45) is 0 Å². The first-order valence-corrected chi connectivity index (χ1v) is 11.9. The number of nitrogens with zero attached hydrogens (tertiary/aromatic N) is 1. The van der Waals surface area contributed by atoms with Crippen molar-refractivity contribution in [2.45, 2.75) is 18.6 Å². The summed E-state index contributed by atoms with van der Waals surface area (Å²) in [5, 5.41) is 0.537. The van der Waals surface area contributed by atoms with E-state index in [1.807, 2.05) is 0 Å². The van der Waals surface area contributed by atoms with E-state index in [4.69, 9.17) is 11.6 Å². The van der Waals surface area contributed by atoms with Gasteiger partial charge >= 0.3 is 0 Å². The summed E-state index contributed by atoms with van der Waals surface area (Å²) in [6.45, 7) is 0.396. The summed E-state index contributed by atoms with van der Waals surface area (Å²) >= 11 is 5.81. The van der Waals surface area contributed by atoms with Crippen molar-refractivity contribution in [1.82, 2.24) is 0 Å². The molecule has 2 aromatic carbocycles. The summed E-state index contributed by atoms with van der Waals surface area (Å²) in [5.74, 6) is -0.197. The maximum absolute atomic E-state index is 12.4. The van der Waals surface area contributed by atoms with Crippen LogP contribution in [0.4, 0.5) is 11.4 Å². The van der Waals surface area contributed by atoms with Crippen molar-refractivity contribution < 1.29 is 16.8 Å². The van der Waals surface area contributed by atoms with E-state index in [1.54, 1.807) is 42.5 Å². The average Bonchev–Trinajstić information content (AvgIpc) is 2.55. The van der Waals surface area contributed by atoms with Gasteiger partial charge in [-0.1, -0.05) is 29.8 Å². The van der Waals surface area contributed by atoms with Crippen molar-refractivity contribution in [3.05, 3.63) is 58.6 Å². The number of aryl methyl sites for hydroxylation is 1. The van der Waals surface area contributed by atoms with Gasteiger partial charge in [-0.15, -0.1) is 0 Å². The Hall–Kier alpha value is -1.77. The van der Waals surface area contributed by atoms with Gasteiger partial charge in [0.05, 0.1) is 23.4 Å². The summed E-state index contributed by atoms with van der Waals surface area (Å²) in [4.78, 5) is 0. The number of sulfonamides is 2. The molecular weight excluding hydrogens is 396 g/mol. The van der Waals surface area contributed by atoms with Crippen LogP contribution in [0, 0.1) is 0 Å². The predicted octanol–water partition coefficient (Wildman–Crippen LogP) is 2.99. The summed E-state index contributed by atoms with van der Waals surface area (Å²) in [5.41, 5.74) is 2.37. The van der Waals surface area contributed by atoms with Crippen LogP contribution in [0.25, 0.3) is 0 Å². The lowest BCUT2D eigenvalue weighted by Gasteiger charge is -2.29. The molecule has 0 radical (unpaired) electrons. The zero-order valence-electron chi connectivity index (χ0n) is 14.1. The maximum Gasteiger partial charge on any atom is 0.236 e. The molecule has 1 N–H and O–H groups in total. The Morgan fingerprint density at radius 3 is 2.42 bits per heavy atom. The summed E-state index contributed by atoms with van der Waals surface area (Å²) in [6.07, 6.45) is 2.65. The number of halogens is 1. The van der Waals surface area contributed by atoms with Crippen molar-refractivity contribution in [1.29, 1.82) is 0 Å². The lowest BCUT2D eigenvalue weighted by Crippen LogP contribution is -2.34. The second-order valence-corrected chi connectivity index (χ2v) is 10.3. The highest BCUT2D eigenvalue weighted by molar-refractivity contribution is 7.92. The molecule has 1 heterocycles. The van der Waals surface area contributed by atoms with E-state index in [9.17, 15) is 16.8 Å². The van der Waals surface area contributed by atoms with Crippen molar-refractivity contribution in [3.8, 4) is 0 Å². The predicted molar refractivity (Wildman–Crippen MR) is 105 cm³/mol. The molecule has 6 nitrogen and oxygen atoms in total. The Morgan fingerprint density at radius 2 is 1.77 bits per heavy atom. The SMILES string of the molecule is CS(=O)(=O)N1CCCc2ccc(NS(=O)(=O)Cc3ccc(Cl)cc3)cc21. The minimum Gasteiger partial charge on any atom is -0.283 e. The van der Waals surface area contributed by atoms with Crippen LogP contribution in [0.15, 0.2) is 42.5 Å². The molecule has 2 aromatic rings. The molecule has 1 aliphatic heterocycles. The van der Waals surface area contributed by atoms with Crippen molar-refractivity contribution in [2.75, 3.05) is 21.8 Å². The molecule has 0 saturated carbocycles. The molecule has 0 aromatic heterocycles. The first-order chi connectivity index (χ1) is 12.1. The molecule has 0 saturated heterocycles. The van der Waals surface area contributed by atoms with E-state index >= 15 is 0 Å². The molecule has 0 atom stereocenters. The summed E-state index contributed by atoms with van der Waals surface area (Å²) in [6, 6.07) is 11.6. The first kappa shape index (κ1) is 19.0. The van der Waals surface area contributed by atoms with Gasteiger partial charge in [0.2, 0.25) is 20.0 Å². The number of hydrogen-bond acceptors (Lipinski definition) is 4. The summed E-state index contributed by atoms with van der Waals surface area (Å²) in [7, 11) is -7.05. The Morgan fingerprint density at radius 1 is 1.08 bits per heavy atom. The quantitative estimate of drug-likeness (QED) is 0.815. The van der Waals surface area contributed by atoms with Gasteiger partial charge in [-0.3, -0.25) is 9.03 Å². The minimum absolute atomic E-state index is 0.197. The number of fused-ring (bicyclic) bond motifs is 1. The van der Waals surface area contributed by atoms with Crippen LogP contribution in [0.3, 0.4) is 0 Å². The third-order valence-electron chi connectivity index (χ3n) is 4.10. The average molecular weight is 415 g/mol. The zero-order valence-corrected chi connectivity index (χ0v) is 16.5. The van der Waals surface area contributed by atoms with Gasteiger partial charge in [0.15, 0.2) is 0 Å². The Bertz CT molecular complexity index is 1020. The van der Waals surface area contributed by atoms with Gasteiger partial charge in [-0.2, -0.15) is 0 Å². The molecule has 3 rings (SSSR count). The first-order valence-electron chi connectivity index (χ1n) is 8.00. The fraction of sp³-hybridized carbons (Fsp3) is 0.294. The monoisotopic (exact) mass is 414 g/mol. The van der Waals surface area contributed by atoms with Gasteiger partial charge in [0.25, 0.3) is 0 Å². The standard InChI is InChI=1S/C17H19ClN2O4S2/c1-25(21,22)20-10-2-3-14-6-9-16(11-17(14)20)19-26(23,24)12-13-4-7-15(18)8-5-13/h4-9,11,19H,2-3,10,12H2,1H3. The Kier molecular flexibility index (Phi) is 5.18.